The Kier molecular flexibility index (Phi) is 3.36. The maximum atomic E-state index is 11.9. The average Bonchev–Trinajstić information content (AvgIpc) is 2.76. The summed E-state index contributed by atoms with van der Waals surface area (Å²) in [5.74, 6) is 2.40. The molecule has 1 aromatic rings. The molecule has 0 saturated carbocycles. The van der Waals surface area contributed by atoms with Gasteiger partial charge in [-0.25, -0.2) is 13.1 Å². The van der Waals surface area contributed by atoms with E-state index in [-0.39, 0.29) is 6.54 Å². The maximum Gasteiger partial charge on any atom is 0.240 e. The highest BCUT2D eigenvalue weighted by Crippen LogP contribution is 2.24. The van der Waals surface area contributed by atoms with Crippen molar-refractivity contribution in [2.24, 2.45) is 0 Å². The minimum atomic E-state index is -3.43. The van der Waals surface area contributed by atoms with Crippen LogP contribution in [0.2, 0.25) is 0 Å². The van der Waals surface area contributed by atoms with Crippen molar-refractivity contribution in [3.63, 3.8) is 0 Å². The molecule has 0 spiro atoms. The summed E-state index contributed by atoms with van der Waals surface area (Å²) in [7, 11) is -3.43. The van der Waals surface area contributed by atoms with E-state index in [0.717, 1.165) is 24.2 Å². The van der Waals surface area contributed by atoms with Crippen LogP contribution in [0.15, 0.2) is 23.1 Å². The third kappa shape index (κ3) is 2.60. The van der Waals surface area contributed by atoms with Gasteiger partial charge < -0.3 is 5.32 Å². The van der Waals surface area contributed by atoms with Crippen LogP contribution in [0.3, 0.4) is 0 Å². The highest BCUT2D eigenvalue weighted by Gasteiger charge is 2.17. The van der Waals surface area contributed by atoms with Gasteiger partial charge in [0.15, 0.2) is 0 Å². The first-order valence-corrected chi connectivity index (χ1v) is 6.92. The number of hydrogen-bond acceptors (Lipinski definition) is 3. The Labute approximate surface area is 101 Å². The van der Waals surface area contributed by atoms with Crippen LogP contribution in [0.5, 0.6) is 0 Å². The lowest BCUT2D eigenvalue weighted by Gasteiger charge is -2.07. The molecular weight excluding hydrogens is 236 g/mol. The summed E-state index contributed by atoms with van der Waals surface area (Å²) in [6.45, 7) is 1.14. The lowest BCUT2D eigenvalue weighted by Crippen LogP contribution is -2.24. The van der Waals surface area contributed by atoms with Crippen molar-refractivity contribution in [2.75, 3.05) is 18.4 Å². The number of benzene rings is 1. The zero-order valence-corrected chi connectivity index (χ0v) is 10.2. The molecule has 0 fully saturated rings. The number of sulfonamides is 1. The van der Waals surface area contributed by atoms with E-state index in [1.165, 1.54) is 0 Å². The van der Waals surface area contributed by atoms with Gasteiger partial charge in [0.1, 0.15) is 0 Å². The molecule has 1 aliphatic rings. The third-order valence-corrected chi connectivity index (χ3v) is 4.12. The number of fused-ring (bicyclic) bond motifs is 1. The number of anilines is 1. The zero-order valence-electron chi connectivity index (χ0n) is 9.36. The van der Waals surface area contributed by atoms with E-state index >= 15 is 0 Å². The van der Waals surface area contributed by atoms with Gasteiger partial charge in [0.25, 0.3) is 0 Å². The van der Waals surface area contributed by atoms with Gasteiger partial charge in [0.05, 0.1) is 4.90 Å². The van der Waals surface area contributed by atoms with Crippen LogP contribution in [0, 0.1) is 12.3 Å². The van der Waals surface area contributed by atoms with Gasteiger partial charge in [-0.3, -0.25) is 0 Å². The molecule has 0 unspecified atom stereocenters. The Bertz CT molecular complexity index is 558. The Balaban J connectivity index is 2.19. The Morgan fingerprint density at radius 1 is 1.47 bits per heavy atom. The predicted octanol–water partition coefficient (Wildman–Crippen LogP) is 0.956. The highest BCUT2D eigenvalue weighted by atomic mass is 32.2. The highest BCUT2D eigenvalue weighted by molar-refractivity contribution is 7.89. The second-order valence-electron chi connectivity index (χ2n) is 3.85. The zero-order chi connectivity index (χ0) is 12.3. The van der Waals surface area contributed by atoms with Crippen LogP contribution in [0.25, 0.3) is 0 Å². The number of rotatable bonds is 4. The normalized spacial score (nSPS) is 13.8. The Hall–Kier alpha value is -1.51. The summed E-state index contributed by atoms with van der Waals surface area (Å²) in [4.78, 5) is 0.303. The van der Waals surface area contributed by atoms with Gasteiger partial charge in [0, 0.05) is 25.2 Å². The first-order valence-electron chi connectivity index (χ1n) is 5.43. The van der Waals surface area contributed by atoms with Crippen molar-refractivity contribution < 1.29 is 8.42 Å². The predicted molar refractivity (Wildman–Crippen MR) is 67.3 cm³/mol. The van der Waals surface area contributed by atoms with Crippen LogP contribution in [-0.2, 0) is 16.4 Å². The molecule has 17 heavy (non-hydrogen) atoms. The molecule has 90 valence electrons. The van der Waals surface area contributed by atoms with Crippen molar-refractivity contribution >= 4 is 15.7 Å². The topological polar surface area (TPSA) is 58.2 Å². The number of nitrogens with one attached hydrogen (secondary N) is 2. The van der Waals surface area contributed by atoms with Crippen molar-refractivity contribution in [3.8, 4) is 12.3 Å². The molecule has 0 saturated heterocycles. The molecule has 0 radical (unpaired) electrons. The van der Waals surface area contributed by atoms with Crippen molar-refractivity contribution in [1.82, 2.24) is 4.72 Å². The maximum absolute atomic E-state index is 11.9. The lowest BCUT2D eigenvalue weighted by molar-refractivity contribution is 0.582. The number of hydrogen-bond donors (Lipinski definition) is 2. The summed E-state index contributed by atoms with van der Waals surface area (Å²) in [6, 6.07) is 5.13. The molecular formula is C12H14N2O2S. The summed E-state index contributed by atoms with van der Waals surface area (Å²) >= 11 is 0. The van der Waals surface area contributed by atoms with E-state index in [1.54, 1.807) is 18.2 Å². The van der Waals surface area contributed by atoms with Gasteiger partial charge >= 0.3 is 0 Å². The van der Waals surface area contributed by atoms with E-state index in [1.807, 2.05) is 0 Å². The molecule has 5 heteroatoms. The molecule has 0 aliphatic carbocycles. The van der Waals surface area contributed by atoms with E-state index in [0.29, 0.717) is 11.3 Å². The minimum absolute atomic E-state index is 0.272. The third-order valence-electron chi connectivity index (χ3n) is 2.66. The quantitative estimate of drug-likeness (QED) is 0.618. The molecule has 0 atom stereocenters. The molecule has 1 aliphatic heterocycles. The van der Waals surface area contributed by atoms with Crippen LogP contribution in [0.4, 0.5) is 5.69 Å². The van der Waals surface area contributed by atoms with Crippen LogP contribution >= 0.6 is 0 Å². The van der Waals surface area contributed by atoms with E-state index in [2.05, 4.69) is 16.0 Å². The first-order chi connectivity index (χ1) is 8.13. The molecule has 0 bridgehead atoms. The molecule has 2 rings (SSSR count). The van der Waals surface area contributed by atoms with Gasteiger partial charge in [-0.05, 0) is 30.2 Å². The standard InChI is InChI=1S/C12H14N2O2S/c1-2-3-7-14-17(15,16)11-4-5-12-10(9-11)6-8-13-12/h1,4-5,9,13-14H,3,6-8H2. The summed E-state index contributed by atoms with van der Waals surface area (Å²) in [6.07, 6.45) is 6.34. The monoisotopic (exact) mass is 250 g/mol. The Morgan fingerprint density at radius 3 is 3.06 bits per heavy atom. The van der Waals surface area contributed by atoms with Gasteiger partial charge in [-0.1, -0.05) is 0 Å². The van der Waals surface area contributed by atoms with Gasteiger partial charge in [0.2, 0.25) is 10.0 Å². The fourth-order valence-corrected chi connectivity index (χ4v) is 2.87. The lowest BCUT2D eigenvalue weighted by atomic mass is 10.2. The fourth-order valence-electron chi connectivity index (χ4n) is 1.79. The fraction of sp³-hybridized carbons (Fsp3) is 0.333. The molecule has 0 amide bonds. The number of terminal acetylenes is 1. The van der Waals surface area contributed by atoms with Crippen molar-refractivity contribution in [1.29, 1.82) is 0 Å². The molecule has 1 heterocycles. The Morgan fingerprint density at radius 2 is 2.29 bits per heavy atom. The van der Waals surface area contributed by atoms with Crippen LogP contribution in [0.1, 0.15) is 12.0 Å². The smallest absolute Gasteiger partial charge is 0.240 e. The molecule has 0 aromatic heterocycles. The van der Waals surface area contributed by atoms with Crippen LogP contribution < -0.4 is 10.0 Å². The van der Waals surface area contributed by atoms with E-state index in [9.17, 15) is 8.42 Å². The first kappa shape index (κ1) is 12.0. The molecule has 4 nitrogen and oxygen atoms in total. The summed E-state index contributed by atoms with van der Waals surface area (Å²) in [5.41, 5.74) is 2.07. The summed E-state index contributed by atoms with van der Waals surface area (Å²) < 4.78 is 26.3. The largest absolute Gasteiger partial charge is 0.384 e. The molecule has 2 N–H and O–H groups in total. The second-order valence-corrected chi connectivity index (χ2v) is 5.61. The van der Waals surface area contributed by atoms with Crippen molar-refractivity contribution in [2.45, 2.75) is 17.7 Å². The van der Waals surface area contributed by atoms with E-state index < -0.39 is 10.0 Å². The van der Waals surface area contributed by atoms with E-state index in [4.69, 9.17) is 6.42 Å². The molecule has 1 aromatic carbocycles. The van der Waals surface area contributed by atoms with Gasteiger partial charge in [-0.2, -0.15) is 0 Å². The van der Waals surface area contributed by atoms with Crippen LogP contribution in [-0.4, -0.2) is 21.5 Å². The second kappa shape index (κ2) is 4.78. The average molecular weight is 250 g/mol. The minimum Gasteiger partial charge on any atom is -0.384 e. The SMILES string of the molecule is C#CCCNS(=O)(=O)c1ccc2c(c1)CCN2. The van der Waals surface area contributed by atoms with Crippen molar-refractivity contribution in [3.05, 3.63) is 23.8 Å². The van der Waals surface area contributed by atoms with Gasteiger partial charge in [-0.15, -0.1) is 12.3 Å². The summed E-state index contributed by atoms with van der Waals surface area (Å²) in [5, 5.41) is 3.19.